The molecule has 0 saturated carbocycles. The summed E-state index contributed by atoms with van der Waals surface area (Å²) in [5, 5.41) is 0. The number of ether oxygens (including phenoxy) is 1. The predicted octanol–water partition coefficient (Wildman–Crippen LogP) is 1.76. The van der Waals surface area contributed by atoms with Crippen LogP contribution in [0.1, 0.15) is 18.4 Å². The molecule has 1 aromatic carbocycles. The van der Waals surface area contributed by atoms with Crippen molar-refractivity contribution in [3.05, 3.63) is 35.6 Å². The first-order valence-electron chi connectivity index (χ1n) is 6.32. The summed E-state index contributed by atoms with van der Waals surface area (Å²) in [7, 11) is 0. The van der Waals surface area contributed by atoms with Crippen molar-refractivity contribution >= 4 is 5.78 Å². The predicted molar refractivity (Wildman–Crippen MR) is 64.6 cm³/mol. The summed E-state index contributed by atoms with van der Waals surface area (Å²) in [6, 6.07) is 7.07. The number of piperidine rings is 1. The molecular formula is C14H16FNO2. The first-order valence-corrected chi connectivity index (χ1v) is 6.32. The van der Waals surface area contributed by atoms with Crippen LogP contribution in [0.15, 0.2) is 24.3 Å². The molecule has 0 N–H and O–H groups in total. The number of ketones is 1. The summed E-state index contributed by atoms with van der Waals surface area (Å²) < 4.78 is 19.2. The average molecular weight is 249 g/mol. The third kappa shape index (κ3) is 2.18. The first-order chi connectivity index (χ1) is 8.74. The van der Waals surface area contributed by atoms with Crippen LogP contribution in [0.5, 0.6) is 0 Å². The highest BCUT2D eigenvalue weighted by molar-refractivity contribution is 5.80. The van der Waals surface area contributed by atoms with E-state index in [1.807, 2.05) is 12.1 Å². The van der Waals surface area contributed by atoms with Gasteiger partial charge in [0, 0.05) is 37.0 Å². The maximum absolute atomic E-state index is 13.7. The lowest BCUT2D eigenvalue weighted by molar-refractivity contribution is -0.136. The Bertz CT molecular complexity index is 447. The van der Waals surface area contributed by atoms with E-state index in [0.29, 0.717) is 43.9 Å². The van der Waals surface area contributed by atoms with E-state index in [-0.39, 0.29) is 17.9 Å². The number of rotatable bonds is 2. The molecule has 2 saturated heterocycles. The molecule has 2 aliphatic rings. The zero-order valence-corrected chi connectivity index (χ0v) is 10.1. The van der Waals surface area contributed by atoms with Gasteiger partial charge in [0.05, 0.1) is 13.2 Å². The lowest BCUT2D eigenvalue weighted by Crippen LogP contribution is -2.56. The van der Waals surface area contributed by atoms with Gasteiger partial charge in [-0.05, 0) is 6.07 Å². The maximum atomic E-state index is 13.7. The number of hydrogen-bond donors (Lipinski definition) is 0. The normalized spacial score (nSPS) is 28.4. The van der Waals surface area contributed by atoms with E-state index in [2.05, 4.69) is 4.90 Å². The Morgan fingerprint density at radius 2 is 1.89 bits per heavy atom. The Morgan fingerprint density at radius 3 is 2.56 bits per heavy atom. The molecule has 96 valence electrons. The second-order valence-corrected chi connectivity index (χ2v) is 5.06. The molecule has 2 aliphatic heterocycles. The number of halogens is 1. The molecule has 2 fully saturated rings. The molecule has 0 aliphatic carbocycles. The number of carbonyl (C=O) groups excluding carboxylic acids is 1. The van der Waals surface area contributed by atoms with Crippen molar-refractivity contribution in [1.82, 2.24) is 4.90 Å². The largest absolute Gasteiger partial charge is 0.378 e. The molecule has 3 nitrogen and oxygen atoms in total. The van der Waals surface area contributed by atoms with E-state index in [1.54, 1.807) is 6.07 Å². The highest BCUT2D eigenvalue weighted by Gasteiger charge is 2.38. The molecular weight excluding hydrogens is 233 g/mol. The van der Waals surface area contributed by atoms with Gasteiger partial charge in [0.2, 0.25) is 0 Å². The van der Waals surface area contributed by atoms with Gasteiger partial charge in [-0.25, -0.2) is 4.39 Å². The van der Waals surface area contributed by atoms with Gasteiger partial charge in [-0.1, -0.05) is 18.2 Å². The smallest absolute Gasteiger partial charge is 0.136 e. The number of morpholine rings is 1. The summed E-state index contributed by atoms with van der Waals surface area (Å²) >= 11 is 0. The first kappa shape index (κ1) is 11.8. The Morgan fingerprint density at radius 1 is 1.22 bits per heavy atom. The van der Waals surface area contributed by atoms with Gasteiger partial charge in [0.15, 0.2) is 0 Å². The maximum Gasteiger partial charge on any atom is 0.136 e. The molecule has 0 amide bonds. The second-order valence-electron chi connectivity index (χ2n) is 5.06. The van der Waals surface area contributed by atoms with Crippen LogP contribution in [0.4, 0.5) is 4.39 Å². The fraction of sp³-hybridized carbons (Fsp3) is 0.500. The fourth-order valence-corrected chi connectivity index (χ4v) is 2.87. The highest BCUT2D eigenvalue weighted by Crippen LogP contribution is 2.27. The van der Waals surface area contributed by atoms with Crippen LogP contribution in [-0.4, -0.2) is 36.0 Å². The van der Waals surface area contributed by atoms with Crippen molar-refractivity contribution < 1.29 is 13.9 Å². The Hall–Kier alpha value is -1.26. The quantitative estimate of drug-likeness (QED) is 0.800. The van der Waals surface area contributed by atoms with E-state index in [1.165, 1.54) is 6.07 Å². The van der Waals surface area contributed by atoms with Crippen LogP contribution in [-0.2, 0) is 16.1 Å². The molecule has 0 spiro atoms. The van der Waals surface area contributed by atoms with Crippen LogP contribution < -0.4 is 0 Å². The fourth-order valence-electron chi connectivity index (χ4n) is 2.87. The van der Waals surface area contributed by atoms with Gasteiger partial charge >= 0.3 is 0 Å². The Kier molecular flexibility index (Phi) is 3.14. The molecule has 18 heavy (non-hydrogen) atoms. The van der Waals surface area contributed by atoms with E-state index in [9.17, 15) is 9.18 Å². The molecule has 0 aromatic heterocycles. The van der Waals surface area contributed by atoms with Gasteiger partial charge in [0.1, 0.15) is 11.6 Å². The number of benzene rings is 1. The minimum Gasteiger partial charge on any atom is -0.378 e. The molecule has 0 radical (unpaired) electrons. The lowest BCUT2D eigenvalue weighted by atomic mass is 9.92. The average Bonchev–Trinajstić information content (AvgIpc) is 2.33. The van der Waals surface area contributed by atoms with Gasteiger partial charge in [-0.15, -0.1) is 0 Å². The SMILES string of the molecule is O=C1CC2COCC(C1)N2Cc1ccccc1F. The van der Waals surface area contributed by atoms with E-state index in [0.717, 1.165) is 0 Å². The lowest BCUT2D eigenvalue weighted by Gasteiger charge is -2.45. The number of carbonyl (C=O) groups is 1. The number of hydrogen-bond acceptors (Lipinski definition) is 3. The number of Topliss-reactive ketones (excluding diaryl/α,β-unsaturated/α-hetero) is 1. The van der Waals surface area contributed by atoms with Crippen LogP contribution in [0.25, 0.3) is 0 Å². The zero-order valence-electron chi connectivity index (χ0n) is 10.1. The van der Waals surface area contributed by atoms with Gasteiger partial charge < -0.3 is 4.74 Å². The minimum atomic E-state index is -0.173. The van der Waals surface area contributed by atoms with Crippen molar-refractivity contribution in [2.24, 2.45) is 0 Å². The molecule has 4 heteroatoms. The summed E-state index contributed by atoms with van der Waals surface area (Å²) in [6.45, 7) is 1.73. The number of fused-ring (bicyclic) bond motifs is 2. The Balaban J connectivity index is 1.80. The third-order valence-corrected chi connectivity index (χ3v) is 3.80. The Labute approximate surface area is 106 Å². The van der Waals surface area contributed by atoms with Crippen molar-refractivity contribution in [1.29, 1.82) is 0 Å². The van der Waals surface area contributed by atoms with Crippen LogP contribution in [0, 0.1) is 5.82 Å². The highest BCUT2D eigenvalue weighted by atomic mass is 19.1. The van der Waals surface area contributed by atoms with E-state index in [4.69, 9.17) is 4.74 Å². The summed E-state index contributed by atoms with van der Waals surface area (Å²) in [4.78, 5) is 13.8. The van der Waals surface area contributed by atoms with Crippen molar-refractivity contribution in [3.8, 4) is 0 Å². The topological polar surface area (TPSA) is 29.5 Å². The van der Waals surface area contributed by atoms with E-state index < -0.39 is 0 Å². The molecule has 2 bridgehead atoms. The standard InChI is InChI=1S/C14H16FNO2/c15-14-4-2-1-3-10(14)7-16-11-5-13(17)6-12(16)9-18-8-11/h1-4,11-12H,5-9H2. The summed E-state index contributed by atoms with van der Waals surface area (Å²) in [5.74, 6) is 0.131. The van der Waals surface area contributed by atoms with Crippen molar-refractivity contribution in [3.63, 3.8) is 0 Å². The van der Waals surface area contributed by atoms with Gasteiger partial charge in [-0.3, -0.25) is 9.69 Å². The molecule has 2 heterocycles. The summed E-state index contributed by atoms with van der Waals surface area (Å²) in [6.07, 6.45) is 1.07. The van der Waals surface area contributed by atoms with Crippen molar-refractivity contribution in [2.45, 2.75) is 31.5 Å². The van der Waals surface area contributed by atoms with Crippen LogP contribution in [0.3, 0.4) is 0 Å². The monoisotopic (exact) mass is 249 g/mol. The molecule has 1 aromatic rings. The van der Waals surface area contributed by atoms with Gasteiger partial charge in [-0.2, -0.15) is 0 Å². The van der Waals surface area contributed by atoms with Gasteiger partial charge in [0.25, 0.3) is 0 Å². The second kappa shape index (κ2) is 4.78. The summed E-state index contributed by atoms with van der Waals surface area (Å²) in [5.41, 5.74) is 0.698. The molecule has 2 unspecified atom stereocenters. The van der Waals surface area contributed by atoms with Crippen molar-refractivity contribution in [2.75, 3.05) is 13.2 Å². The van der Waals surface area contributed by atoms with Crippen LogP contribution in [0.2, 0.25) is 0 Å². The minimum absolute atomic E-state index is 0.115. The number of nitrogens with zero attached hydrogens (tertiary/aromatic N) is 1. The third-order valence-electron chi connectivity index (χ3n) is 3.80. The van der Waals surface area contributed by atoms with Crippen LogP contribution >= 0.6 is 0 Å². The zero-order chi connectivity index (χ0) is 12.5. The molecule has 2 atom stereocenters. The molecule has 3 rings (SSSR count). The van der Waals surface area contributed by atoms with E-state index >= 15 is 0 Å².